The molecule has 4 rings (SSSR count). The molecule has 0 spiro atoms. The molecule has 1 aromatic heterocycles. The number of morpholine rings is 1. The van der Waals surface area contributed by atoms with E-state index in [0.717, 1.165) is 0 Å². The summed E-state index contributed by atoms with van der Waals surface area (Å²) in [6.45, 7) is 7.03. The molecule has 1 aromatic carbocycles. The van der Waals surface area contributed by atoms with E-state index >= 15 is 0 Å². The molecule has 2 aliphatic rings. The number of nitrogens with zero attached hydrogens (tertiary/aromatic N) is 3. The molecule has 1 saturated heterocycles. The molecule has 1 N–H and O–H groups in total. The van der Waals surface area contributed by atoms with E-state index in [0.29, 0.717) is 74.0 Å². The van der Waals surface area contributed by atoms with Crippen LogP contribution in [0, 0.1) is 13.8 Å². The minimum absolute atomic E-state index is 0.0906. The Kier molecular flexibility index (Phi) is 4.98. The quantitative estimate of drug-likeness (QED) is 0.815. The molecule has 2 aromatic rings. The van der Waals surface area contributed by atoms with Crippen LogP contribution >= 0.6 is 0 Å². The first-order valence-electron chi connectivity index (χ1n) is 9.04. The summed E-state index contributed by atoms with van der Waals surface area (Å²) in [5.41, 5.74) is 1.51. The number of aromatic nitrogens is 2. The van der Waals surface area contributed by atoms with Crippen molar-refractivity contribution >= 4 is 21.7 Å². The summed E-state index contributed by atoms with van der Waals surface area (Å²) in [6, 6.07) is 4.55. The molecule has 0 amide bonds. The lowest BCUT2D eigenvalue weighted by molar-refractivity contribution is 0.122. The van der Waals surface area contributed by atoms with Crippen LogP contribution in [-0.2, 0) is 14.8 Å². The van der Waals surface area contributed by atoms with Gasteiger partial charge in [-0.25, -0.2) is 18.4 Å². The lowest BCUT2D eigenvalue weighted by Crippen LogP contribution is -2.37. The largest absolute Gasteiger partial charge is 0.486 e. The van der Waals surface area contributed by atoms with Crippen molar-refractivity contribution in [3.05, 3.63) is 29.6 Å². The Balaban J connectivity index is 1.61. The Bertz CT molecular complexity index is 966. The second-order valence-electron chi connectivity index (χ2n) is 6.58. The number of rotatable bonds is 4. The topological polar surface area (TPSA) is 103 Å². The molecular weight excluding hydrogens is 384 g/mol. The van der Waals surface area contributed by atoms with Crippen LogP contribution in [0.4, 0.5) is 11.6 Å². The number of hydrogen-bond acceptors (Lipinski definition) is 8. The molecule has 0 unspecified atom stereocenters. The average Bonchev–Trinajstić information content (AvgIpc) is 2.71. The number of aryl methyl sites for hydroxylation is 2. The number of hydrogen-bond donors (Lipinski definition) is 1. The van der Waals surface area contributed by atoms with Gasteiger partial charge in [-0.15, -0.1) is 0 Å². The molecule has 10 heteroatoms. The molecule has 3 heterocycles. The third kappa shape index (κ3) is 3.69. The van der Waals surface area contributed by atoms with Crippen LogP contribution in [0.2, 0.25) is 0 Å². The van der Waals surface area contributed by atoms with Crippen LogP contribution in [0.3, 0.4) is 0 Å². The van der Waals surface area contributed by atoms with E-state index in [1.807, 2.05) is 4.90 Å². The maximum Gasteiger partial charge on any atom is 0.262 e. The number of ether oxygens (including phenoxy) is 3. The van der Waals surface area contributed by atoms with Gasteiger partial charge in [0.15, 0.2) is 11.5 Å². The molecule has 0 saturated carbocycles. The lowest BCUT2D eigenvalue weighted by atomic mass is 10.3. The molecule has 0 aliphatic carbocycles. The first kappa shape index (κ1) is 18.8. The minimum atomic E-state index is -3.83. The first-order valence-corrected chi connectivity index (χ1v) is 10.5. The third-order valence-corrected chi connectivity index (χ3v) is 5.96. The summed E-state index contributed by atoms with van der Waals surface area (Å²) in [5, 5.41) is 0. The molecule has 0 radical (unpaired) electrons. The van der Waals surface area contributed by atoms with Gasteiger partial charge in [0.05, 0.1) is 35.2 Å². The van der Waals surface area contributed by atoms with Crippen molar-refractivity contribution in [2.24, 2.45) is 0 Å². The Hall–Kier alpha value is -2.59. The van der Waals surface area contributed by atoms with E-state index in [1.54, 1.807) is 19.9 Å². The zero-order valence-electron chi connectivity index (χ0n) is 15.8. The van der Waals surface area contributed by atoms with E-state index in [9.17, 15) is 8.42 Å². The van der Waals surface area contributed by atoms with E-state index in [1.165, 1.54) is 12.1 Å². The summed E-state index contributed by atoms with van der Waals surface area (Å²) in [5.74, 6) is 1.54. The van der Waals surface area contributed by atoms with Gasteiger partial charge in [0, 0.05) is 19.2 Å². The Morgan fingerprint density at radius 2 is 1.61 bits per heavy atom. The fraction of sp³-hybridized carbons (Fsp3) is 0.444. The molecule has 0 bridgehead atoms. The molecule has 0 atom stereocenters. The summed E-state index contributed by atoms with van der Waals surface area (Å²) in [7, 11) is -3.83. The predicted molar refractivity (Wildman–Crippen MR) is 103 cm³/mol. The van der Waals surface area contributed by atoms with Gasteiger partial charge in [-0.2, -0.15) is 0 Å². The fourth-order valence-corrected chi connectivity index (χ4v) is 4.33. The third-order valence-electron chi connectivity index (χ3n) is 4.61. The monoisotopic (exact) mass is 406 g/mol. The van der Waals surface area contributed by atoms with Crippen molar-refractivity contribution in [3.63, 3.8) is 0 Å². The summed E-state index contributed by atoms with van der Waals surface area (Å²) >= 11 is 0. The number of sulfonamides is 1. The van der Waals surface area contributed by atoms with Crippen LogP contribution < -0.4 is 19.1 Å². The van der Waals surface area contributed by atoms with E-state index in [-0.39, 0.29) is 4.90 Å². The molecule has 9 nitrogen and oxygen atoms in total. The summed E-state index contributed by atoms with van der Waals surface area (Å²) < 4.78 is 44.7. The molecule has 1 fully saturated rings. The van der Waals surface area contributed by atoms with Gasteiger partial charge < -0.3 is 19.1 Å². The van der Waals surface area contributed by atoms with Crippen LogP contribution in [0.5, 0.6) is 11.5 Å². The standard InChI is InChI=1S/C18H22N4O5S/c1-12-17(13(2)20-18(19-12)22-5-7-25-8-6-22)21-28(23,24)14-3-4-15-16(11-14)27-10-9-26-15/h3-4,11,21H,5-10H2,1-2H3. The highest BCUT2D eigenvalue weighted by Gasteiger charge is 2.23. The van der Waals surface area contributed by atoms with Crippen LogP contribution in [0.1, 0.15) is 11.4 Å². The van der Waals surface area contributed by atoms with Gasteiger partial charge in [-0.05, 0) is 26.0 Å². The van der Waals surface area contributed by atoms with Crippen LogP contribution in [0.15, 0.2) is 23.1 Å². The Morgan fingerprint density at radius 1 is 0.964 bits per heavy atom. The number of nitrogens with one attached hydrogen (secondary N) is 1. The van der Waals surface area contributed by atoms with Gasteiger partial charge >= 0.3 is 0 Å². The molecule has 150 valence electrons. The summed E-state index contributed by atoms with van der Waals surface area (Å²) in [6.07, 6.45) is 0. The molecular formula is C18H22N4O5S. The zero-order chi connectivity index (χ0) is 19.7. The van der Waals surface area contributed by atoms with Crippen molar-refractivity contribution in [2.45, 2.75) is 18.7 Å². The highest BCUT2D eigenvalue weighted by atomic mass is 32.2. The van der Waals surface area contributed by atoms with Crippen LogP contribution in [0.25, 0.3) is 0 Å². The van der Waals surface area contributed by atoms with E-state index in [2.05, 4.69) is 14.7 Å². The second kappa shape index (κ2) is 7.44. The average molecular weight is 406 g/mol. The van der Waals surface area contributed by atoms with Gasteiger partial charge in [0.25, 0.3) is 10.0 Å². The van der Waals surface area contributed by atoms with E-state index in [4.69, 9.17) is 14.2 Å². The maximum absolute atomic E-state index is 12.9. The predicted octanol–water partition coefficient (Wildman–Crippen LogP) is 1.50. The Morgan fingerprint density at radius 3 is 2.29 bits per heavy atom. The first-order chi connectivity index (χ1) is 13.4. The van der Waals surface area contributed by atoms with Crippen molar-refractivity contribution in [1.82, 2.24) is 9.97 Å². The molecule has 2 aliphatic heterocycles. The highest BCUT2D eigenvalue weighted by Crippen LogP contribution is 2.33. The highest BCUT2D eigenvalue weighted by molar-refractivity contribution is 7.92. The van der Waals surface area contributed by atoms with Gasteiger partial charge in [-0.3, -0.25) is 4.72 Å². The second-order valence-corrected chi connectivity index (χ2v) is 8.26. The summed E-state index contributed by atoms with van der Waals surface area (Å²) in [4.78, 5) is 11.1. The maximum atomic E-state index is 12.9. The minimum Gasteiger partial charge on any atom is -0.486 e. The fourth-order valence-electron chi connectivity index (χ4n) is 3.14. The van der Waals surface area contributed by atoms with Crippen LogP contribution in [-0.4, -0.2) is 57.9 Å². The van der Waals surface area contributed by atoms with Crippen molar-refractivity contribution in [1.29, 1.82) is 0 Å². The number of benzene rings is 1. The Labute approximate surface area is 163 Å². The number of anilines is 2. The van der Waals surface area contributed by atoms with Crippen molar-refractivity contribution < 1.29 is 22.6 Å². The number of fused-ring (bicyclic) bond motifs is 1. The van der Waals surface area contributed by atoms with Crippen molar-refractivity contribution in [2.75, 3.05) is 49.1 Å². The normalized spacial score (nSPS) is 16.7. The SMILES string of the molecule is Cc1nc(N2CCOCC2)nc(C)c1NS(=O)(=O)c1ccc2c(c1)OCCO2. The van der Waals surface area contributed by atoms with Gasteiger partial charge in [-0.1, -0.05) is 0 Å². The molecule has 28 heavy (non-hydrogen) atoms. The smallest absolute Gasteiger partial charge is 0.262 e. The lowest BCUT2D eigenvalue weighted by Gasteiger charge is -2.27. The van der Waals surface area contributed by atoms with Gasteiger partial charge in [0.2, 0.25) is 5.95 Å². The zero-order valence-corrected chi connectivity index (χ0v) is 16.6. The van der Waals surface area contributed by atoms with Gasteiger partial charge in [0.1, 0.15) is 13.2 Å². The van der Waals surface area contributed by atoms with Crippen molar-refractivity contribution in [3.8, 4) is 11.5 Å². The van der Waals surface area contributed by atoms with E-state index < -0.39 is 10.0 Å².